The number of carbonyl (C=O) groups is 2. The van der Waals surface area contributed by atoms with E-state index >= 15 is 0 Å². The Morgan fingerprint density at radius 3 is 2.53 bits per heavy atom. The summed E-state index contributed by atoms with van der Waals surface area (Å²) in [7, 11) is 0. The van der Waals surface area contributed by atoms with Crippen LogP contribution in [0.25, 0.3) is 5.69 Å². The Hall–Kier alpha value is -3.40. The third-order valence-electron chi connectivity index (χ3n) is 5.43. The molecule has 0 atom stereocenters. The van der Waals surface area contributed by atoms with Crippen molar-refractivity contribution in [2.45, 2.75) is 49.9 Å². The molecular weight excluding hydrogens is 457 g/mol. The molecule has 1 aromatic heterocycles. The first-order valence-corrected chi connectivity index (χ1v) is 12.2. The van der Waals surface area contributed by atoms with Crippen LogP contribution in [0.4, 0.5) is 9.18 Å². The predicted octanol–water partition coefficient (Wildman–Crippen LogP) is 4.24. The van der Waals surface area contributed by atoms with Gasteiger partial charge in [-0.3, -0.25) is 14.7 Å². The summed E-state index contributed by atoms with van der Waals surface area (Å²) in [4.78, 5) is 24.5. The second-order valence-corrected chi connectivity index (χ2v) is 8.88. The Morgan fingerprint density at radius 1 is 1.03 bits per heavy atom. The van der Waals surface area contributed by atoms with Gasteiger partial charge in [0, 0.05) is 11.7 Å². The van der Waals surface area contributed by atoms with Crippen molar-refractivity contribution in [3.05, 3.63) is 66.2 Å². The van der Waals surface area contributed by atoms with Crippen LogP contribution in [0, 0.1) is 5.82 Å². The minimum atomic E-state index is -0.471. The van der Waals surface area contributed by atoms with Gasteiger partial charge < -0.3 is 10.1 Å². The second-order valence-electron chi connectivity index (χ2n) is 7.93. The van der Waals surface area contributed by atoms with Gasteiger partial charge in [-0.25, -0.2) is 9.18 Å². The van der Waals surface area contributed by atoms with Crippen molar-refractivity contribution in [2.24, 2.45) is 0 Å². The van der Waals surface area contributed by atoms with Crippen molar-refractivity contribution in [1.29, 1.82) is 0 Å². The molecule has 3 aromatic rings. The molecule has 2 N–H and O–H groups in total. The summed E-state index contributed by atoms with van der Waals surface area (Å²) in [5.74, 6) is -0.344. The Kier molecular flexibility index (Phi) is 8.13. The number of benzene rings is 2. The average Bonchev–Trinajstić information content (AvgIpc) is 3.26. The average molecular weight is 484 g/mol. The van der Waals surface area contributed by atoms with Crippen LogP contribution >= 0.6 is 11.8 Å². The van der Waals surface area contributed by atoms with Gasteiger partial charge in [0.2, 0.25) is 5.91 Å². The topological polar surface area (TPSA) is 98.1 Å². The number of ether oxygens (including phenoxy) is 1. The lowest BCUT2D eigenvalue weighted by molar-refractivity contribution is -0.117. The summed E-state index contributed by atoms with van der Waals surface area (Å²) in [5.41, 5.74) is 0.776. The highest BCUT2D eigenvalue weighted by Gasteiger charge is 2.19. The molecule has 2 aromatic carbocycles. The molecule has 34 heavy (non-hydrogen) atoms. The number of aromatic nitrogens is 3. The lowest BCUT2D eigenvalue weighted by atomic mass is 9.96. The van der Waals surface area contributed by atoms with Crippen LogP contribution in [0.1, 0.15) is 37.9 Å². The zero-order valence-corrected chi connectivity index (χ0v) is 19.4. The maximum absolute atomic E-state index is 13.9. The smallest absolute Gasteiger partial charge is 0.321 e. The summed E-state index contributed by atoms with van der Waals surface area (Å²) in [5, 5.41) is 14.1. The molecule has 0 aliphatic heterocycles. The zero-order valence-electron chi connectivity index (χ0n) is 18.6. The summed E-state index contributed by atoms with van der Waals surface area (Å²) in [6, 6.07) is 15.1. The zero-order chi connectivity index (χ0) is 23.8. The summed E-state index contributed by atoms with van der Waals surface area (Å²) < 4.78 is 21.3. The van der Waals surface area contributed by atoms with E-state index < -0.39 is 17.8 Å². The highest BCUT2D eigenvalue weighted by Crippen LogP contribution is 2.24. The molecule has 0 spiro atoms. The Balaban J connectivity index is 1.40. The first-order valence-electron chi connectivity index (χ1n) is 11.2. The van der Waals surface area contributed by atoms with Crippen molar-refractivity contribution < 1.29 is 18.7 Å². The third-order valence-corrected chi connectivity index (χ3v) is 6.36. The van der Waals surface area contributed by atoms with E-state index in [0.29, 0.717) is 11.0 Å². The van der Waals surface area contributed by atoms with E-state index in [4.69, 9.17) is 4.74 Å². The molecule has 10 heteroatoms. The fraction of sp³-hybridized carbons (Fsp3) is 0.333. The molecule has 0 radical (unpaired) electrons. The van der Waals surface area contributed by atoms with E-state index in [1.54, 1.807) is 16.7 Å². The molecule has 178 valence electrons. The first kappa shape index (κ1) is 23.7. The van der Waals surface area contributed by atoms with Gasteiger partial charge in [-0.2, -0.15) is 0 Å². The lowest BCUT2D eigenvalue weighted by Gasteiger charge is -2.22. The van der Waals surface area contributed by atoms with Crippen LogP contribution in [0.3, 0.4) is 0 Å². The fourth-order valence-electron chi connectivity index (χ4n) is 3.79. The number of nitrogens with one attached hydrogen (secondary N) is 2. The molecule has 0 bridgehead atoms. The predicted molar refractivity (Wildman–Crippen MR) is 126 cm³/mol. The van der Waals surface area contributed by atoms with Gasteiger partial charge in [-0.1, -0.05) is 61.4 Å². The van der Waals surface area contributed by atoms with Gasteiger partial charge in [0.25, 0.3) is 0 Å². The number of hydrogen-bond acceptors (Lipinski definition) is 6. The van der Waals surface area contributed by atoms with Crippen molar-refractivity contribution in [2.75, 3.05) is 5.75 Å². The fourth-order valence-corrected chi connectivity index (χ4v) is 4.56. The normalized spacial score (nSPS) is 13.9. The van der Waals surface area contributed by atoms with Crippen LogP contribution in [0.5, 0.6) is 5.75 Å². The molecule has 0 saturated heterocycles. The number of para-hydroxylation sites is 2. The molecule has 8 nitrogen and oxygen atoms in total. The van der Waals surface area contributed by atoms with Gasteiger partial charge in [0.15, 0.2) is 22.5 Å². The van der Waals surface area contributed by atoms with Crippen LogP contribution in [0.15, 0.2) is 59.8 Å². The van der Waals surface area contributed by atoms with E-state index in [0.717, 1.165) is 43.1 Å². The van der Waals surface area contributed by atoms with Crippen LogP contribution in [-0.4, -0.2) is 38.5 Å². The monoisotopic (exact) mass is 483 g/mol. The summed E-state index contributed by atoms with van der Waals surface area (Å²) in [6.07, 6.45) is 5.24. The molecule has 4 rings (SSSR count). The van der Waals surface area contributed by atoms with E-state index in [9.17, 15) is 14.0 Å². The van der Waals surface area contributed by atoms with Gasteiger partial charge in [0.05, 0.1) is 5.75 Å². The minimum Gasteiger partial charge on any atom is -0.483 e. The van der Waals surface area contributed by atoms with Crippen LogP contribution < -0.4 is 15.4 Å². The largest absolute Gasteiger partial charge is 0.483 e. The number of nitrogens with zero attached hydrogens (tertiary/aromatic N) is 3. The molecule has 1 aliphatic rings. The number of carbonyl (C=O) groups excluding carboxylic acids is 2. The third kappa shape index (κ3) is 6.34. The molecule has 1 fully saturated rings. The van der Waals surface area contributed by atoms with E-state index in [1.807, 2.05) is 30.3 Å². The van der Waals surface area contributed by atoms with Gasteiger partial charge in [0.1, 0.15) is 6.61 Å². The second kappa shape index (κ2) is 11.6. The number of halogens is 1. The Morgan fingerprint density at radius 2 is 1.76 bits per heavy atom. The highest BCUT2D eigenvalue weighted by atomic mass is 32.2. The number of hydrogen-bond donors (Lipinski definition) is 2. The van der Waals surface area contributed by atoms with Gasteiger partial charge in [-0.15, -0.1) is 10.2 Å². The molecule has 1 heterocycles. The number of imide groups is 1. The quantitative estimate of drug-likeness (QED) is 0.465. The summed E-state index contributed by atoms with van der Waals surface area (Å²) in [6.45, 7) is -0.0145. The molecular formula is C24H26FN5O3S. The highest BCUT2D eigenvalue weighted by molar-refractivity contribution is 7.99. The Labute approximate surface area is 201 Å². The number of thioether (sulfide) groups is 1. The van der Waals surface area contributed by atoms with E-state index in [2.05, 4.69) is 20.8 Å². The SMILES string of the molecule is O=C(CSc1nnc(COc2ccccc2F)n1-c1ccccc1)NC(=O)NC1CCCCC1. The van der Waals surface area contributed by atoms with Crippen molar-refractivity contribution in [3.63, 3.8) is 0 Å². The van der Waals surface area contributed by atoms with Crippen LogP contribution in [0.2, 0.25) is 0 Å². The van der Waals surface area contributed by atoms with Gasteiger partial charge >= 0.3 is 6.03 Å². The van der Waals surface area contributed by atoms with Gasteiger partial charge in [-0.05, 0) is 37.1 Å². The molecule has 0 unspecified atom stereocenters. The molecule has 1 aliphatic carbocycles. The maximum atomic E-state index is 13.9. The van der Waals surface area contributed by atoms with Crippen LogP contribution in [-0.2, 0) is 11.4 Å². The number of urea groups is 1. The van der Waals surface area contributed by atoms with Crippen molar-refractivity contribution >= 4 is 23.7 Å². The van der Waals surface area contributed by atoms with Crippen molar-refractivity contribution in [3.8, 4) is 11.4 Å². The molecule has 3 amide bonds. The minimum absolute atomic E-state index is 0.0145. The standard InChI is InChI=1S/C24H26FN5O3S/c25-19-13-7-8-14-20(19)33-15-21-28-29-24(30(21)18-11-5-2-6-12-18)34-16-22(31)27-23(32)26-17-9-3-1-4-10-17/h2,5-8,11-14,17H,1,3-4,9-10,15-16H2,(H2,26,27,31,32). The Bertz CT molecular complexity index is 1120. The molecule has 1 saturated carbocycles. The first-order chi connectivity index (χ1) is 16.6. The number of amides is 3. The number of rotatable bonds is 8. The van der Waals surface area contributed by atoms with E-state index in [1.165, 1.54) is 18.6 Å². The van der Waals surface area contributed by atoms with Crippen molar-refractivity contribution in [1.82, 2.24) is 25.4 Å². The van der Waals surface area contributed by atoms with E-state index in [-0.39, 0.29) is 24.2 Å². The summed E-state index contributed by atoms with van der Waals surface area (Å²) >= 11 is 1.15. The maximum Gasteiger partial charge on any atom is 0.321 e. The lowest BCUT2D eigenvalue weighted by Crippen LogP contribution is -2.45.